The lowest BCUT2D eigenvalue weighted by Crippen LogP contribution is -2.18. The fourth-order valence-electron chi connectivity index (χ4n) is 2.73. The summed E-state index contributed by atoms with van der Waals surface area (Å²) in [5.41, 5.74) is -0.797. The van der Waals surface area contributed by atoms with Crippen molar-refractivity contribution < 1.29 is 43.9 Å². The van der Waals surface area contributed by atoms with Gasteiger partial charge in [-0.3, -0.25) is 14.4 Å². The number of phenolic OH excluding ortho intramolecular Hbond substituents is 3. The molecule has 168 valence electrons. The topological polar surface area (TPSA) is 140 Å². The van der Waals surface area contributed by atoms with Crippen LogP contribution in [0.15, 0.2) is 0 Å². The van der Waals surface area contributed by atoms with Gasteiger partial charge in [0.25, 0.3) is 0 Å². The highest BCUT2D eigenvalue weighted by atomic mass is 16.5. The first-order chi connectivity index (χ1) is 13.8. The minimum absolute atomic E-state index is 0.266. The molecule has 0 bridgehead atoms. The summed E-state index contributed by atoms with van der Waals surface area (Å²) in [6.45, 7) is 9.80. The van der Waals surface area contributed by atoms with Gasteiger partial charge in [0, 0.05) is 16.7 Å². The van der Waals surface area contributed by atoms with Gasteiger partial charge in [-0.05, 0) is 41.5 Å². The lowest BCUT2D eigenvalue weighted by Gasteiger charge is -2.19. The van der Waals surface area contributed by atoms with E-state index in [4.69, 9.17) is 14.2 Å². The van der Waals surface area contributed by atoms with Crippen molar-refractivity contribution in [2.45, 2.75) is 79.1 Å². The fraction of sp³-hybridized carbons (Fsp3) is 0.571. The normalized spacial score (nSPS) is 11.1. The summed E-state index contributed by atoms with van der Waals surface area (Å²) in [4.78, 5) is 36.2. The largest absolute Gasteiger partial charge is 0.507 e. The number of ether oxygens (including phenoxy) is 3. The van der Waals surface area contributed by atoms with E-state index in [2.05, 4.69) is 0 Å². The standard InChI is InChI=1S/C21H30O9/c1-10(2)28-16(22)7-13-19(25)14(8-17(23)29-11(3)4)21(27)15(20(13)26)9-18(24)30-12(5)6/h10-12,25-27H,7-9H2,1-6H3. The molecular formula is C21H30O9. The summed E-state index contributed by atoms with van der Waals surface area (Å²) in [6, 6.07) is 0. The van der Waals surface area contributed by atoms with Crippen LogP contribution in [0, 0.1) is 0 Å². The van der Waals surface area contributed by atoms with Gasteiger partial charge in [0.1, 0.15) is 17.2 Å². The van der Waals surface area contributed by atoms with E-state index in [-0.39, 0.29) is 16.7 Å². The highest BCUT2D eigenvalue weighted by Gasteiger charge is 2.28. The monoisotopic (exact) mass is 426 g/mol. The third-order valence-electron chi connectivity index (χ3n) is 3.78. The first-order valence-corrected chi connectivity index (χ1v) is 9.69. The van der Waals surface area contributed by atoms with Gasteiger partial charge < -0.3 is 29.5 Å². The predicted octanol–water partition coefficient (Wildman–Crippen LogP) is 2.29. The molecule has 0 aromatic heterocycles. The van der Waals surface area contributed by atoms with Crippen molar-refractivity contribution in [3.05, 3.63) is 16.7 Å². The Balaban J connectivity index is 3.45. The molecule has 0 fully saturated rings. The molecule has 0 unspecified atom stereocenters. The first kappa shape index (κ1) is 25.1. The maximum atomic E-state index is 12.1. The maximum absolute atomic E-state index is 12.1. The Morgan fingerprint density at radius 2 is 0.767 bits per heavy atom. The number of aromatic hydroxyl groups is 3. The number of phenols is 3. The van der Waals surface area contributed by atoms with Gasteiger partial charge in [-0.2, -0.15) is 0 Å². The molecule has 0 aliphatic heterocycles. The smallest absolute Gasteiger partial charge is 0.310 e. The van der Waals surface area contributed by atoms with Crippen LogP contribution < -0.4 is 0 Å². The summed E-state index contributed by atoms with van der Waals surface area (Å²) in [5, 5.41) is 31.7. The van der Waals surface area contributed by atoms with E-state index in [1.807, 2.05) is 0 Å². The van der Waals surface area contributed by atoms with Gasteiger partial charge in [-0.25, -0.2) is 0 Å². The highest BCUT2D eigenvalue weighted by molar-refractivity contribution is 5.82. The molecule has 0 heterocycles. The Labute approximate surface area is 175 Å². The van der Waals surface area contributed by atoms with Crippen molar-refractivity contribution >= 4 is 17.9 Å². The van der Waals surface area contributed by atoms with E-state index in [1.165, 1.54) is 0 Å². The Morgan fingerprint density at radius 1 is 0.567 bits per heavy atom. The average Bonchev–Trinajstić information content (AvgIpc) is 2.57. The summed E-state index contributed by atoms with van der Waals surface area (Å²) >= 11 is 0. The fourth-order valence-corrected chi connectivity index (χ4v) is 2.73. The van der Waals surface area contributed by atoms with Gasteiger partial charge >= 0.3 is 17.9 Å². The van der Waals surface area contributed by atoms with Crippen LogP contribution >= 0.6 is 0 Å². The predicted molar refractivity (Wildman–Crippen MR) is 106 cm³/mol. The zero-order chi connectivity index (χ0) is 23.2. The van der Waals surface area contributed by atoms with E-state index < -0.39 is 72.7 Å². The maximum Gasteiger partial charge on any atom is 0.310 e. The van der Waals surface area contributed by atoms with Gasteiger partial charge in [0.2, 0.25) is 0 Å². The number of carbonyl (C=O) groups is 3. The van der Waals surface area contributed by atoms with Crippen LogP contribution in [0.3, 0.4) is 0 Å². The van der Waals surface area contributed by atoms with Crippen LogP contribution in [0.2, 0.25) is 0 Å². The van der Waals surface area contributed by atoms with E-state index in [9.17, 15) is 29.7 Å². The van der Waals surface area contributed by atoms with E-state index in [0.717, 1.165) is 0 Å². The van der Waals surface area contributed by atoms with Crippen molar-refractivity contribution in [1.82, 2.24) is 0 Å². The molecule has 0 saturated heterocycles. The summed E-state index contributed by atoms with van der Waals surface area (Å²) in [6.07, 6.45) is -2.89. The van der Waals surface area contributed by atoms with Gasteiger partial charge in [0.05, 0.1) is 37.6 Å². The van der Waals surface area contributed by atoms with Crippen molar-refractivity contribution in [2.24, 2.45) is 0 Å². The summed E-state index contributed by atoms with van der Waals surface area (Å²) < 4.78 is 15.1. The Kier molecular flexibility index (Phi) is 8.94. The van der Waals surface area contributed by atoms with Crippen molar-refractivity contribution in [3.63, 3.8) is 0 Å². The second-order valence-corrected chi connectivity index (χ2v) is 7.63. The van der Waals surface area contributed by atoms with Crippen LogP contribution in [0.5, 0.6) is 17.2 Å². The number of esters is 3. The second kappa shape index (κ2) is 10.7. The minimum atomic E-state index is -0.743. The average molecular weight is 426 g/mol. The number of carbonyl (C=O) groups excluding carboxylic acids is 3. The van der Waals surface area contributed by atoms with Crippen LogP contribution in [0.1, 0.15) is 58.2 Å². The molecular weight excluding hydrogens is 396 g/mol. The number of benzene rings is 1. The summed E-state index contributed by atoms with van der Waals surface area (Å²) in [7, 11) is 0. The Bertz CT molecular complexity index is 668. The molecule has 0 aliphatic carbocycles. The van der Waals surface area contributed by atoms with Crippen LogP contribution in [-0.4, -0.2) is 51.5 Å². The van der Waals surface area contributed by atoms with Crippen LogP contribution in [0.4, 0.5) is 0 Å². The van der Waals surface area contributed by atoms with E-state index in [0.29, 0.717) is 0 Å². The van der Waals surface area contributed by atoms with Crippen molar-refractivity contribution in [2.75, 3.05) is 0 Å². The highest BCUT2D eigenvalue weighted by Crippen LogP contribution is 2.43. The number of hydrogen-bond donors (Lipinski definition) is 3. The first-order valence-electron chi connectivity index (χ1n) is 9.69. The Hall–Kier alpha value is -2.97. The number of rotatable bonds is 9. The molecule has 0 radical (unpaired) electrons. The molecule has 1 aromatic rings. The second-order valence-electron chi connectivity index (χ2n) is 7.63. The van der Waals surface area contributed by atoms with Crippen molar-refractivity contribution in [3.8, 4) is 17.2 Å². The third kappa shape index (κ3) is 7.13. The van der Waals surface area contributed by atoms with Crippen LogP contribution in [0.25, 0.3) is 0 Å². The lowest BCUT2D eigenvalue weighted by molar-refractivity contribution is -0.147. The molecule has 9 heteroatoms. The third-order valence-corrected chi connectivity index (χ3v) is 3.78. The van der Waals surface area contributed by atoms with E-state index in [1.54, 1.807) is 41.5 Å². The molecule has 9 nitrogen and oxygen atoms in total. The summed E-state index contributed by atoms with van der Waals surface area (Å²) in [5.74, 6) is -4.17. The number of hydrogen-bond acceptors (Lipinski definition) is 9. The quantitative estimate of drug-likeness (QED) is 0.401. The molecule has 0 amide bonds. The minimum Gasteiger partial charge on any atom is -0.507 e. The zero-order valence-electron chi connectivity index (χ0n) is 18.1. The molecule has 30 heavy (non-hydrogen) atoms. The molecule has 1 rings (SSSR count). The molecule has 0 saturated carbocycles. The van der Waals surface area contributed by atoms with Gasteiger partial charge in [-0.15, -0.1) is 0 Å². The molecule has 0 spiro atoms. The van der Waals surface area contributed by atoms with E-state index >= 15 is 0 Å². The van der Waals surface area contributed by atoms with Gasteiger partial charge in [-0.1, -0.05) is 0 Å². The molecule has 0 aliphatic rings. The molecule has 1 aromatic carbocycles. The Morgan fingerprint density at radius 3 is 0.933 bits per heavy atom. The van der Waals surface area contributed by atoms with Crippen molar-refractivity contribution in [1.29, 1.82) is 0 Å². The molecule has 3 N–H and O–H groups in total. The van der Waals surface area contributed by atoms with Gasteiger partial charge in [0.15, 0.2) is 0 Å². The zero-order valence-corrected chi connectivity index (χ0v) is 18.1. The van der Waals surface area contributed by atoms with Crippen LogP contribution in [-0.2, 0) is 47.9 Å². The lowest BCUT2D eigenvalue weighted by atomic mass is 9.95. The SMILES string of the molecule is CC(C)OC(=O)Cc1c(O)c(CC(=O)OC(C)C)c(O)c(CC(=O)OC(C)C)c1O. The molecule has 0 atom stereocenters.